The maximum absolute atomic E-state index is 14.5. The van der Waals surface area contributed by atoms with E-state index in [0.717, 1.165) is 12.0 Å². The van der Waals surface area contributed by atoms with Crippen molar-refractivity contribution in [2.24, 2.45) is 0 Å². The van der Waals surface area contributed by atoms with Crippen LogP contribution in [-0.2, 0) is 16.0 Å². The molecule has 4 aromatic rings. The quantitative estimate of drug-likeness (QED) is 0.368. The highest BCUT2D eigenvalue weighted by Gasteiger charge is 2.33. The third-order valence-corrected chi connectivity index (χ3v) is 5.03. The number of pyridine rings is 1. The van der Waals surface area contributed by atoms with Crippen LogP contribution in [0.4, 0.5) is 4.39 Å². The van der Waals surface area contributed by atoms with Gasteiger partial charge in [0.15, 0.2) is 17.3 Å². The fraction of sp³-hybridized carbons (Fsp3) is 0.300. The Morgan fingerprint density at radius 2 is 2.10 bits per heavy atom. The van der Waals surface area contributed by atoms with Crippen LogP contribution in [-0.4, -0.2) is 46.9 Å². The zero-order chi connectivity index (χ0) is 22.0. The van der Waals surface area contributed by atoms with Crippen molar-refractivity contribution in [2.75, 3.05) is 6.61 Å². The van der Waals surface area contributed by atoms with Crippen LogP contribution in [0.3, 0.4) is 0 Å². The van der Waals surface area contributed by atoms with E-state index in [2.05, 4.69) is 41.1 Å². The second-order valence-electron chi connectivity index (χ2n) is 6.67. The molecule has 0 amide bonds. The molecule has 4 rings (SSSR count). The molecule has 0 bridgehead atoms. The van der Waals surface area contributed by atoms with E-state index in [1.54, 1.807) is 17.5 Å². The Morgan fingerprint density at radius 3 is 2.84 bits per heavy atom. The molecule has 0 fully saturated rings. The van der Waals surface area contributed by atoms with Gasteiger partial charge in [-0.2, -0.15) is 5.10 Å². The summed E-state index contributed by atoms with van der Waals surface area (Å²) >= 11 is 3.29. The summed E-state index contributed by atoms with van der Waals surface area (Å²) in [5, 5.41) is 8.46. The maximum Gasteiger partial charge on any atom is 0.321 e. The van der Waals surface area contributed by atoms with Gasteiger partial charge in [0.1, 0.15) is 12.2 Å². The summed E-state index contributed by atoms with van der Waals surface area (Å²) < 4.78 is 23.1. The van der Waals surface area contributed by atoms with Gasteiger partial charge in [-0.25, -0.2) is 28.5 Å². The minimum absolute atomic E-state index is 0.0138. The second kappa shape index (κ2) is 8.88. The van der Waals surface area contributed by atoms with Crippen LogP contribution in [0.25, 0.3) is 11.5 Å². The molecule has 11 heteroatoms. The zero-order valence-electron chi connectivity index (χ0n) is 16.9. The third-order valence-electron chi connectivity index (χ3n) is 4.69. The first-order chi connectivity index (χ1) is 15.0. The molecule has 1 unspecified atom stereocenters. The number of carbonyl (C=O) groups is 1. The molecular weight excluding hydrogens is 469 g/mol. The first-order valence-corrected chi connectivity index (χ1v) is 10.6. The first-order valence-electron chi connectivity index (χ1n) is 9.76. The number of halogens is 2. The molecule has 0 radical (unpaired) electrons. The number of ether oxygens (including phenoxy) is 1. The van der Waals surface area contributed by atoms with Crippen LogP contribution < -0.4 is 0 Å². The van der Waals surface area contributed by atoms with Crippen LogP contribution in [0, 0.1) is 5.82 Å². The summed E-state index contributed by atoms with van der Waals surface area (Å²) in [6.45, 7) is 3.93. The van der Waals surface area contributed by atoms with Gasteiger partial charge in [0.05, 0.1) is 18.0 Å². The van der Waals surface area contributed by atoms with E-state index < -0.39 is 17.7 Å². The molecule has 160 valence electrons. The second-order valence-corrected chi connectivity index (χ2v) is 7.38. The van der Waals surface area contributed by atoms with E-state index in [0.29, 0.717) is 28.2 Å². The third kappa shape index (κ3) is 3.92. The van der Waals surface area contributed by atoms with Crippen molar-refractivity contribution >= 4 is 27.5 Å². The molecule has 0 saturated carbocycles. The average molecular weight is 488 g/mol. The summed E-state index contributed by atoms with van der Waals surface area (Å²) in [7, 11) is 0. The van der Waals surface area contributed by atoms with Gasteiger partial charge in [-0.15, -0.1) is 5.10 Å². The predicted octanol–water partition coefficient (Wildman–Crippen LogP) is 3.25. The van der Waals surface area contributed by atoms with Crippen LogP contribution in [0.1, 0.15) is 43.1 Å². The molecule has 4 heterocycles. The number of aromatic nitrogens is 7. The molecule has 9 nitrogen and oxygen atoms in total. The van der Waals surface area contributed by atoms with Crippen molar-refractivity contribution in [3.8, 4) is 5.82 Å². The SMILES string of the molecule is CCCc1c(C(C(=O)OCC)c2ccnn2-c2ncccc2F)ncn2nc(Br)nc12. The molecule has 31 heavy (non-hydrogen) atoms. The normalized spacial score (nSPS) is 12.3. The van der Waals surface area contributed by atoms with E-state index in [-0.39, 0.29) is 12.4 Å². The van der Waals surface area contributed by atoms with Gasteiger partial charge < -0.3 is 4.74 Å². The molecule has 0 N–H and O–H groups in total. The van der Waals surface area contributed by atoms with Crippen molar-refractivity contribution < 1.29 is 13.9 Å². The summed E-state index contributed by atoms with van der Waals surface area (Å²) in [5.41, 5.74) is 2.20. The van der Waals surface area contributed by atoms with Crippen molar-refractivity contribution in [1.82, 2.24) is 34.3 Å². The Balaban J connectivity index is 1.95. The standard InChI is InChI=1S/C20H19BrFN7O2/c1-3-6-12-16(24-11-28-17(12)26-20(21)27-28)15(19(30)31-4-2)14-8-10-25-29(14)18-13(22)7-5-9-23-18/h5,7-11,15H,3-4,6H2,1-2H3. The average Bonchev–Trinajstić information content (AvgIpc) is 3.37. The molecule has 0 saturated heterocycles. The van der Waals surface area contributed by atoms with Crippen LogP contribution in [0.2, 0.25) is 0 Å². The van der Waals surface area contributed by atoms with Crippen molar-refractivity contribution in [2.45, 2.75) is 32.6 Å². The van der Waals surface area contributed by atoms with E-state index in [1.807, 2.05) is 6.92 Å². The summed E-state index contributed by atoms with van der Waals surface area (Å²) in [6.07, 6.45) is 5.85. The number of carbonyl (C=O) groups excluding carboxylic acids is 1. The van der Waals surface area contributed by atoms with Crippen LogP contribution in [0.5, 0.6) is 0 Å². The molecule has 4 aromatic heterocycles. The van der Waals surface area contributed by atoms with E-state index in [1.165, 1.54) is 35.5 Å². The molecule has 0 spiro atoms. The van der Waals surface area contributed by atoms with Gasteiger partial charge >= 0.3 is 5.97 Å². The summed E-state index contributed by atoms with van der Waals surface area (Å²) in [6, 6.07) is 4.41. The highest BCUT2D eigenvalue weighted by molar-refractivity contribution is 9.10. The van der Waals surface area contributed by atoms with Crippen LogP contribution >= 0.6 is 15.9 Å². The topological polar surface area (TPSA) is 100 Å². The molecule has 0 aliphatic heterocycles. The lowest BCUT2D eigenvalue weighted by atomic mass is 9.95. The number of hydrogen-bond donors (Lipinski definition) is 0. The Kier molecular flexibility index (Phi) is 6.03. The molecule has 0 aliphatic carbocycles. The Hall–Kier alpha value is -3.21. The lowest BCUT2D eigenvalue weighted by Crippen LogP contribution is -2.24. The van der Waals surface area contributed by atoms with E-state index in [4.69, 9.17) is 4.74 Å². The van der Waals surface area contributed by atoms with Gasteiger partial charge in [0.25, 0.3) is 0 Å². The van der Waals surface area contributed by atoms with Crippen molar-refractivity contribution in [3.05, 3.63) is 64.4 Å². The van der Waals surface area contributed by atoms with Gasteiger partial charge in [0.2, 0.25) is 4.73 Å². The number of aryl methyl sites for hydroxylation is 1. The van der Waals surface area contributed by atoms with Crippen molar-refractivity contribution in [3.63, 3.8) is 0 Å². The monoisotopic (exact) mass is 487 g/mol. The van der Waals surface area contributed by atoms with Crippen molar-refractivity contribution in [1.29, 1.82) is 0 Å². The van der Waals surface area contributed by atoms with Gasteiger partial charge in [0, 0.05) is 18.0 Å². The van der Waals surface area contributed by atoms with E-state index in [9.17, 15) is 9.18 Å². The largest absolute Gasteiger partial charge is 0.465 e. The fourth-order valence-corrected chi connectivity index (χ4v) is 3.81. The number of fused-ring (bicyclic) bond motifs is 1. The Morgan fingerprint density at radius 1 is 1.26 bits per heavy atom. The zero-order valence-corrected chi connectivity index (χ0v) is 18.5. The summed E-state index contributed by atoms with van der Waals surface area (Å²) in [4.78, 5) is 26.2. The number of hydrogen-bond acceptors (Lipinski definition) is 7. The Bertz CT molecular complexity index is 1240. The van der Waals surface area contributed by atoms with E-state index >= 15 is 0 Å². The number of rotatable bonds is 7. The molecule has 0 aromatic carbocycles. The lowest BCUT2D eigenvalue weighted by molar-refractivity contribution is -0.144. The highest BCUT2D eigenvalue weighted by Crippen LogP contribution is 2.31. The number of nitrogens with zero attached hydrogens (tertiary/aromatic N) is 7. The van der Waals surface area contributed by atoms with Gasteiger partial charge in [-0.1, -0.05) is 13.3 Å². The molecular formula is C20H19BrFN7O2. The maximum atomic E-state index is 14.5. The Labute approximate surface area is 185 Å². The molecule has 0 aliphatic rings. The van der Waals surface area contributed by atoms with Crippen LogP contribution in [0.15, 0.2) is 41.7 Å². The lowest BCUT2D eigenvalue weighted by Gasteiger charge is -2.19. The smallest absolute Gasteiger partial charge is 0.321 e. The van der Waals surface area contributed by atoms with Gasteiger partial charge in [-0.05, 0) is 47.5 Å². The minimum atomic E-state index is -0.953. The minimum Gasteiger partial charge on any atom is -0.465 e. The molecule has 1 atom stereocenters. The fourth-order valence-electron chi connectivity index (χ4n) is 3.47. The first kappa shape index (κ1) is 21.0. The predicted molar refractivity (Wildman–Crippen MR) is 112 cm³/mol. The van der Waals surface area contributed by atoms with Gasteiger partial charge in [-0.3, -0.25) is 4.79 Å². The highest BCUT2D eigenvalue weighted by atomic mass is 79.9. The number of esters is 1. The summed E-state index contributed by atoms with van der Waals surface area (Å²) in [5.74, 6) is -2.05.